The number of aliphatic hydroxyl groups excluding tert-OH is 1. The molecule has 0 aromatic carbocycles. The molecular formula is C62H99O11P. The minimum Gasteiger partial charge on any atom is -0.462 e. The summed E-state index contributed by atoms with van der Waals surface area (Å²) < 4.78 is 39.4. The van der Waals surface area contributed by atoms with E-state index < -0.39 is 57.8 Å². The fourth-order valence-electron chi connectivity index (χ4n) is 6.82. The predicted octanol–water partition coefficient (Wildman–Crippen LogP) is 16.6. The van der Waals surface area contributed by atoms with Gasteiger partial charge in [0.25, 0.3) is 0 Å². The van der Waals surface area contributed by atoms with Crippen LogP contribution in [0.2, 0.25) is 0 Å². The summed E-state index contributed by atoms with van der Waals surface area (Å²) in [5, 5.41) is 9.80. The van der Waals surface area contributed by atoms with E-state index in [-0.39, 0.29) is 25.9 Å². The zero-order chi connectivity index (χ0) is 54.1. The van der Waals surface area contributed by atoms with Crippen LogP contribution < -0.4 is 0 Å². The topological polar surface area (TPSA) is 155 Å². The number of phosphoric acid groups is 1. The molecular weight excluding hydrogens is 952 g/mol. The van der Waals surface area contributed by atoms with E-state index in [1.54, 1.807) is 0 Å². The van der Waals surface area contributed by atoms with Gasteiger partial charge in [-0.05, 0) is 128 Å². The zero-order valence-electron chi connectivity index (χ0n) is 46.0. The summed E-state index contributed by atoms with van der Waals surface area (Å²) in [5.74, 6) is -1.61. The minimum atomic E-state index is -4.79. The molecule has 0 rings (SSSR count). The number of aliphatic hydroxyl groups is 1. The molecule has 418 valence electrons. The monoisotopic (exact) mass is 1050 g/mol. The van der Waals surface area contributed by atoms with E-state index in [2.05, 4.69) is 142 Å². The van der Waals surface area contributed by atoms with Gasteiger partial charge in [-0.25, -0.2) is 4.57 Å². The Bertz CT molecular complexity index is 1750. The van der Waals surface area contributed by atoms with Gasteiger partial charge >= 0.3 is 25.7 Å². The molecule has 0 aliphatic rings. The number of allylic oxidation sites excluding steroid dienone is 22. The number of carbonyl (C=O) groups excluding carboxylic acids is 3. The van der Waals surface area contributed by atoms with Crippen molar-refractivity contribution in [2.45, 2.75) is 213 Å². The molecule has 0 aliphatic carbocycles. The molecule has 0 radical (unpaired) electrons. The number of unbranched alkanes of at least 4 members (excludes halogenated alkanes) is 11. The summed E-state index contributed by atoms with van der Waals surface area (Å²) in [4.78, 5) is 48.5. The third-order valence-electron chi connectivity index (χ3n) is 11.0. The summed E-state index contributed by atoms with van der Waals surface area (Å²) in [7, 11) is -4.79. The Labute approximate surface area is 449 Å². The number of phosphoric ester groups is 1. The van der Waals surface area contributed by atoms with Crippen LogP contribution in [0.3, 0.4) is 0 Å². The van der Waals surface area contributed by atoms with E-state index in [0.29, 0.717) is 25.7 Å². The maximum absolute atomic E-state index is 12.9. The van der Waals surface area contributed by atoms with Crippen LogP contribution in [0.15, 0.2) is 134 Å². The highest BCUT2D eigenvalue weighted by atomic mass is 31.2. The van der Waals surface area contributed by atoms with Gasteiger partial charge in [0.2, 0.25) is 0 Å². The van der Waals surface area contributed by atoms with Gasteiger partial charge in [0.1, 0.15) is 12.7 Å². The number of hydrogen-bond donors (Lipinski definition) is 2. The lowest BCUT2D eigenvalue weighted by Gasteiger charge is -2.21. The van der Waals surface area contributed by atoms with Gasteiger partial charge in [0.15, 0.2) is 6.10 Å². The van der Waals surface area contributed by atoms with Gasteiger partial charge in [-0.15, -0.1) is 0 Å². The van der Waals surface area contributed by atoms with Crippen LogP contribution >= 0.6 is 7.82 Å². The van der Waals surface area contributed by atoms with Gasteiger partial charge in [0.05, 0.1) is 19.8 Å². The Balaban J connectivity index is 4.90. The molecule has 74 heavy (non-hydrogen) atoms. The van der Waals surface area contributed by atoms with Crippen molar-refractivity contribution in [2.24, 2.45) is 0 Å². The summed E-state index contributed by atoms with van der Waals surface area (Å²) in [6, 6.07) is 0. The molecule has 0 saturated heterocycles. The van der Waals surface area contributed by atoms with Crippen LogP contribution in [0.25, 0.3) is 0 Å². The van der Waals surface area contributed by atoms with E-state index >= 15 is 0 Å². The highest BCUT2D eigenvalue weighted by Crippen LogP contribution is 2.43. The van der Waals surface area contributed by atoms with Gasteiger partial charge in [-0.2, -0.15) is 0 Å². The molecule has 0 aromatic rings. The fourth-order valence-corrected chi connectivity index (χ4v) is 7.61. The van der Waals surface area contributed by atoms with Crippen molar-refractivity contribution < 1.29 is 52.2 Å². The summed E-state index contributed by atoms with van der Waals surface area (Å²) in [6.07, 6.45) is 68.5. The second-order valence-electron chi connectivity index (χ2n) is 18.0. The standard InChI is InChI=1S/C62H99O11P/c1-4-7-10-13-16-19-22-25-28-29-32-35-38-41-44-47-50-53-62(66)73-59(55-69-60(64)51-48-45-42-39-36-33-30-26-23-20-17-14-11-8-5-2)57-71-74(67,68)70-56-58(54-63)72-61(65)52-49-46-43-40-37-34-31-27-24-21-18-15-12-9-6-3/h7,9-10,12,16-21,25-28,30-32,35,37,40-41,44,58-59,63H,4-6,8,11,13-15,22-24,29,33-34,36,38-39,42-43,45-57H2,1-3H3,(H,67,68)/b10-7-,12-9-,19-16-,20-17-,21-18-,28-25-,30-26-,31-27-,35-32-,40-37-,44-41-. The Kier molecular flexibility index (Phi) is 51.6. The van der Waals surface area contributed by atoms with Crippen LogP contribution in [0.1, 0.15) is 201 Å². The first-order chi connectivity index (χ1) is 36.2. The third kappa shape index (κ3) is 52.5. The average molecular weight is 1050 g/mol. The quantitative estimate of drug-likeness (QED) is 0.0197. The van der Waals surface area contributed by atoms with Crippen LogP contribution in [0.4, 0.5) is 0 Å². The maximum Gasteiger partial charge on any atom is 0.472 e. The lowest BCUT2D eigenvalue weighted by Crippen LogP contribution is -2.30. The highest BCUT2D eigenvalue weighted by Gasteiger charge is 2.28. The van der Waals surface area contributed by atoms with Crippen molar-refractivity contribution in [3.63, 3.8) is 0 Å². The van der Waals surface area contributed by atoms with Gasteiger partial charge in [-0.3, -0.25) is 23.4 Å². The molecule has 11 nitrogen and oxygen atoms in total. The molecule has 0 spiro atoms. The smallest absolute Gasteiger partial charge is 0.462 e. The summed E-state index contributed by atoms with van der Waals surface area (Å²) in [6.45, 7) is 4.23. The van der Waals surface area contributed by atoms with E-state index in [1.807, 2.05) is 12.2 Å². The zero-order valence-corrected chi connectivity index (χ0v) is 46.9. The molecule has 2 N–H and O–H groups in total. The SMILES string of the molecule is CC/C=C\C/C=C\C/C=C\C/C=C\C/C=C\CCCC(=O)OC(COC(=O)CCCCCCC/C=C\C/C=C\CCCCC)COP(=O)(O)OCC(CO)OC(=O)CCCC/C=C\C/C=C\C/C=C\C/C=C\CC. The van der Waals surface area contributed by atoms with E-state index in [0.717, 1.165) is 116 Å². The minimum absolute atomic E-state index is 0.0754. The van der Waals surface area contributed by atoms with E-state index in [9.17, 15) is 28.9 Å². The normalized spacial score (nSPS) is 14.4. The van der Waals surface area contributed by atoms with Crippen molar-refractivity contribution >= 4 is 25.7 Å². The molecule has 0 heterocycles. The third-order valence-corrected chi connectivity index (χ3v) is 12.0. The lowest BCUT2D eigenvalue weighted by molar-refractivity contribution is -0.161. The molecule has 0 saturated carbocycles. The predicted molar refractivity (Wildman–Crippen MR) is 306 cm³/mol. The Morgan fingerprint density at radius 2 is 0.716 bits per heavy atom. The van der Waals surface area contributed by atoms with Crippen LogP contribution in [-0.4, -0.2) is 66.5 Å². The number of rotatable bonds is 50. The Morgan fingerprint density at radius 1 is 0.392 bits per heavy atom. The molecule has 0 bridgehead atoms. The molecule has 3 atom stereocenters. The maximum atomic E-state index is 12.9. The first-order valence-corrected chi connectivity index (χ1v) is 29.6. The Morgan fingerprint density at radius 3 is 1.16 bits per heavy atom. The van der Waals surface area contributed by atoms with Crippen molar-refractivity contribution in [2.75, 3.05) is 26.4 Å². The first kappa shape index (κ1) is 69.6. The molecule has 12 heteroatoms. The van der Waals surface area contributed by atoms with Gasteiger partial charge < -0.3 is 24.2 Å². The lowest BCUT2D eigenvalue weighted by atomic mass is 10.1. The fraction of sp³-hybridized carbons (Fsp3) is 0.597. The number of esters is 3. The summed E-state index contributed by atoms with van der Waals surface area (Å²) in [5.41, 5.74) is 0. The second-order valence-corrected chi connectivity index (χ2v) is 19.4. The van der Waals surface area contributed by atoms with Crippen molar-refractivity contribution in [3.8, 4) is 0 Å². The highest BCUT2D eigenvalue weighted by molar-refractivity contribution is 7.47. The second kappa shape index (κ2) is 54.9. The molecule has 0 aliphatic heterocycles. The Hall–Kier alpha value is -4.38. The molecule has 0 fully saturated rings. The first-order valence-electron chi connectivity index (χ1n) is 28.1. The number of ether oxygens (including phenoxy) is 3. The van der Waals surface area contributed by atoms with E-state index in [4.69, 9.17) is 23.3 Å². The van der Waals surface area contributed by atoms with Crippen molar-refractivity contribution in [1.82, 2.24) is 0 Å². The largest absolute Gasteiger partial charge is 0.472 e. The van der Waals surface area contributed by atoms with E-state index in [1.165, 1.54) is 19.3 Å². The molecule has 0 amide bonds. The molecule has 0 aromatic heterocycles. The van der Waals surface area contributed by atoms with Crippen molar-refractivity contribution in [3.05, 3.63) is 134 Å². The van der Waals surface area contributed by atoms with Gasteiger partial charge in [0, 0.05) is 19.3 Å². The van der Waals surface area contributed by atoms with Crippen LogP contribution in [0, 0.1) is 0 Å². The number of hydrogen-bond acceptors (Lipinski definition) is 10. The van der Waals surface area contributed by atoms with Gasteiger partial charge in [-0.1, -0.05) is 187 Å². The summed E-state index contributed by atoms with van der Waals surface area (Å²) >= 11 is 0. The van der Waals surface area contributed by atoms with Crippen LogP contribution in [0.5, 0.6) is 0 Å². The molecule has 3 unspecified atom stereocenters. The van der Waals surface area contributed by atoms with Crippen molar-refractivity contribution in [1.29, 1.82) is 0 Å². The average Bonchev–Trinajstić information content (AvgIpc) is 3.39. The number of carbonyl (C=O) groups is 3. The van der Waals surface area contributed by atoms with Crippen LogP contribution in [-0.2, 0) is 42.2 Å².